The Kier molecular flexibility index (Phi) is 7.10. The molecule has 0 heterocycles. The van der Waals surface area contributed by atoms with Gasteiger partial charge in [-0.15, -0.1) is 0 Å². The Morgan fingerprint density at radius 2 is 2.00 bits per heavy atom. The Morgan fingerprint density at radius 3 is 2.38 bits per heavy atom. The van der Waals surface area contributed by atoms with Gasteiger partial charge >= 0.3 is 6.18 Å². The van der Waals surface area contributed by atoms with E-state index in [1.165, 1.54) is 4.90 Å². The third kappa shape index (κ3) is 7.49. The van der Waals surface area contributed by atoms with E-state index in [0.717, 1.165) is 0 Å². The summed E-state index contributed by atoms with van der Waals surface area (Å²) in [4.78, 5) is 1.26. The van der Waals surface area contributed by atoms with Crippen molar-refractivity contribution in [2.75, 3.05) is 26.2 Å². The number of nitrogens with zero attached hydrogens (tertiary/aromatic N) is 2. The zero-order chi connectivity index (χ0) is 12.6. The van der Waals surface area contributed by atoms with Crippen molar-refractivity contribution in [3.8, 4) is 6.07 Å². The van der Waals surface area contributed by atoms with Crippen molar-refractivity contribution in [3.63, 3.8) is 0 Å². The number of nitriles is 1. The van der Waals surface area contributed by atoms with Crippen molar-refractivity contribution in [1.82, 2.24) is 10.2 Å². The summed E-state index contributed by atoms with van der Waals surface area (Å²) in [7, 11) is 0. The fourth-order valence-electron chi connectivity index (χ4n) is 1.46. The normalized spacial score (nSPS) is 13.8. The first-order chi connectivity index (χ1) is 7.42. The molecule has 0 aromatic heterocycles. The topological polar surface area (TPSA) is 39.1 Å². The predicted molar refractivity (Wildman–Crippen MR) is 55.9 cm³/mol. The lowest BCUT2D eigenvalue weighted by Gasteiger charge is -2.25. The first-order valence-electron chi connectivity index (χ1n) is 5.35. The van der Waals surface area contributed by atoms with Crippen LogP contribution in [0, 0.1) is 11.3 Å². The molecule has 0 saturated carbocycles. The number of likely N-dealkylation sites (N-methyl/N-ethyl adjacent to an activating group) is 1. The van der Waals surface area contributed by atoms with Crippen LogP contribution in [0.25, 0.3) is 0 Å². The zero-order valence-corrected chi connectivity index (χ0v) is 9.64. The molecule has 0 saturated heterocycles. The summed E-state index contributed by atoms with van der Waals surface area (Å²) < 4.78 is 36.7. The second kappa shape index (κ2) is 7.47. The fraction of sp³-hybridized carbons (Fsp3) is 0.900. The third-order valence-corrected chi connectivity index (χ3v) is 1.99. The lowest BCUT2D eigenvalue weighted by atomic mass is 10.2. The van der Waals surface area contributed by atoms with Gasteiger partial charge in [-0.2, -0.15) is 18.4 Å². The van der Waals surface area contributed by atoms with E-state index < -0.39 is 18.8 Å². The highest BCUT2D eigenvalue weighted by atomic mass is 19.4. The van der Waals surface area contributed by atoms with Crippen LogP contribution in [0.15, 0.2) is 0 Å². The summed E-state index contributed by atoms with van der Waals surface area (Å²) in [5, 5.41) is 11.6. The van der Waals surface area contributed by atoms with E-state index in [1.807, 2.05) is 19.9 Å². The van der Waals surface area contributed by atoms with Crippen LogP contribution in [-0.2, 0) is 0 Å². The standard InChI is InChI=1S/C10H18F3N3/c1-3-5-16(8-10(11,12)13)7-9(6-14)15-4-2/h9,15H,3-5,7-8H2,1-2H3. The van der Waals surface area contributed by atoms with Gasteiger partial charge in [0.25, 0.3) is 0 Å². The quantitative estimate of drug-likeness (QED) is 0.733. The van der Waals surface area contributed by atoms with Crippen molar-refractivity contribution in [2.45, 2.75) is 32.5 Å². The van der Waals surface area contributed by atoms with E-state index in [0.29, 0.717) is 19.5 Å². The van der Waals surface area contributed by atoms with Gasteiger partial charge in [-0.05, 0) is 19.5 Å². The van der Waals surface area contributed by atoms with Crippen molar-refractivity contribution < 1.29 is 13.2 Å². The highest BCUT2D eigenvalue weighted by Gasteiger charge is 2.31. The number of hydrogen-bond acceptors (Lipinski definition) is 3. The molecule has 3 nitrogen and oxygen atoms in total. The van der Waals surface area contributed by atoms with Crippen LogP contribution in [0.1, 0.15) is 20.3 Å². The Morgan fingerprint density at radius 1 is 1.38 bits per heavy atom. The van der Waals surface area contributed by atoms with Crippen LogP contribution in [0.3, 0.4) is 0 Å². The Bertz CT molecular complexity index is 222. The minimum atomic E-state index is -4.21. The average Bonchev–Trinajstić information content (AvgIpc) is 2.15. The SMILES string of the molecule is CCCN(CC(C#N)NCC)CC(F)(F)F. The molecule has 0 spiro atoms. The molecule has 1 N–H and O–H groups in total. The van der Waals surface area contributed by atoms with Gasteiger partial charge in [0.2, 0.25) is 0 Å². The first kappa shape index (κ1) is 15.2. The Labute approximate surface area is 94.2 Å². The van der Waals surface area contributed by atoms with Crippen LogP contribution in [0.5, 0.6) is 0 Å². The number of alkyl halides is 3. The smallest absolute Gasteiger partial charge is 0.301 e. The van der Waals surface area contributed by atoms with Gasteiger partial charge in [0, 0.05) is 6.54 Å². The van der Waals surface area contributed by atoms with Gasteiger partial charge in [0.15, 0.2) is 0 Å². The van der Waals surface area contributed by atoms with Gasteiger partial charge in [-0.3, -0.25) is 4.90 Å². The van der Waals surface area contributed by atoms with E-state index in [-0.39, 0.29) is 6.54 Å². The van der Waals surface area contributed by atoms with Crippen LogP contribution in [0.4, 0.5) is 13.2 Å². The monoisotopic (exact) mass is 237 g/mol. The van der Waals surface area contributed by atoms with Crippen LogP contribution in [0.2, 0.25) is 0 Å². The van der Waals surface area contributed by atoms with E-state index >= 15 is 0 Å². The summed E-state index contributed by atoms with van der Waals surface area (Å²) in [5.41, 5.74) is 0. The largest absolute Gasteiger partial charge is 0.401 e. The molecule has 0 amide bonds. The van der Waals surface area contributed by atoms with Crippen LogP contribution >= 0.6 is 0 Å². The number of rotatable bonds is 7. The second-order valence-electron chi connectivity index (χ2n) is 3.59. The summed E-state index contributed by atoms with van der Waals surface area (Å²) in [6.07, 6.45) is -3.57. The maximum Gasteiger partial charge on any atom is 0.401 e. The molecule has 6 heteroatoms. The lowest BCUT2D eigenvalue weighted by Crippen LogP contribution is -2.44. The molecule has 0 aliphatic rings. The fourth-order valence-corrected chi connectivity index (χ4v) is 1.46. The summed E-state index contributed by atoms with van der Waals surface area (Å²) in [5.74, 6) is 0. The van der Waals surface area contributed by atoms with Crippen LogP contribution in [-0.4, -0.2) is 43.3 Å². The molecule has 0 bridgehead atoms. The number of nitrogens with one attached hydrogen (secondary N) is 1. The first-order valence-corrected chi connectivity index (χ1v) is 5.35. The van der Waals surface area contributed by atoms with Gasteiger partial charge in [-0.25, -0.2) is 0 Å². The van der Waals surface area contributed by atoms with Crippen molar-refractivity contribution in [3.05, 3.63) is 0 Å². The highest BCUT2D eigenvalue weighted by Crippen LogP contribution is 2.16. The zero-order valence-electron chi connectivity index (χ0n) is 9.64. The molecule has 0 aromatic rings. The molecule has 16 heavy (non-hydrogen) atoms. The molecule has 0 aliphatic carbocycles. The van der Waals surface area contributed by atoms with Gasteiger partial charge in [0.1, 0.15) is 6.04 Å². The summed E-state index contributed by atoms with van der Waals surface area (Å²) in [6.45, 7) is 3.71. The molecule has 0 rings (SSSR count). The van der Waals surface area contributed by atoms with Gasteiger partial charge in [-0.1, -0.05) is 13.8 Å². The Hall–Kier alpha value is -0.800. The average molecular weight is 237 g/mol. The maximum absolute atomic E-state index is 12.2. The van der Waals surface area contributed by atoms with E-state index in [9.17, 15) is 13.2 Å². The predicted octanol–water partition coefficient (Wildman–Crippen LogP) is 1.76. The molecular formula is C10H18F3N3. The molecule has 0 radical (unpaired) electrons. The van der Waals surface area contributed by atoms with Crippen LogP contribution < -0.4 is 5.32 Å². The molecule has 1 atom stereocenters. The maximum atomic E-state index is 12.2. The van der Waals surface area contributed by atoms with Gasteiger partial charge < -0.3 is 5.32 Å². The van der Waals surface area contributed by atoms with Crippen molar-refractivity contribution >= 4 is 0 Å². The van der Waals surface area contributed by atoms with E-state index in [4.69, 9.17) is 5.26 Å². The second-order valence-corrected chi connectivity index (χ2v) is 3.59. The molecule has 94 valence electrons. The highest BCUT2D eigenvalue weighted by molar-refractivity contribution is 4.92. The lowest BCUT2D eigenvalue weighted by molar-refractivity contribution is -0.146. The minimum absolute atomic E-state index is 0.109. The number of hydrogen-bond donors (Lipinski definition) is 1. The molecular weight excluding hydrogens is 219 g/mol. The van der Waals surface area contributed by atoms with Gasteiger partial charge in [0.05, 0.1) is 12.6 Å². The molecule has 0 fully saturated rings. The summed E-state index contributed by atoms with van der Waals surface area (Å²) >= 11 is 0. The third-order valence-electron chi connectivity index (χ3n) is 1.99. The molecule has 0 aromatic carbocycles. The van der Waals surface area contributed by atoms with E-state index in [2.05, 4.69) is 5.32 Å². The molecule has 0 aliphatic heterocycles. The van der Waals surface area contributed by atoms with Crippen molar-refractivity contribution in [2.24, 2.45) is 0 Å². The van der Waals surface area contributed by atoms with Crippen molar-refractivity contribution in [1.29, 1.82) is 5.26 Å². The summed E-state index contributed by atoms with van der Waals surface area (Å²) in [6, 6.07) is 1.41. The Balaban J connectivity index is 4.26. The minimum Gasteiger partial charge on any atom is -0.301 e. The molecule has 1 unspecified atom stereocenters. The number of halogens is 3. The van der Waals surface area contributed by atoms with E-state index in [1.54, 1.807) is 0 Å².